The fraction of sp³-hybridized carbons (Fsp3) is 0.750. The van der Waals surface area contributed by atoms with Crippen molar-refractivity contribution in [2.75, 3.05) is 13.7 Å². The van der Waals surface area contributed by atoms with Crippen LogP contribution in [0, 0.1) is 0 Å². The first-order chi connectivity index (χ1) is 8.65. The number of methoxy groups -OCH3 is 1. The van der Waals surface area contributed by atoms with E-state index in [0.29, 0.717) is 12.5 Å². The van der Waals surface area contributed by atoms with Gasteiger partial charge in [-0.15, -0.1) is 5.10 Å². The Morgan fingerprint density at radius 1 is 1.61 bits per heavy atom. The van der Waals surface area contributed by atoms with E-state index in [1.54, 1.807) is 11.8 Å². The maximum Gasteiger partial charge on any atom is 0.358 e. The van der Waals surface area contributed by atoms with Crippen molar-refractivity contribution in [2.24, 2.45) is 0 Å². The van der Waals surface area contributed by atoms with Crippen LogP contribution in [0.4, 0.5) is 0 Å². The summed E-state index contributed by atoms with van der Waals surface area (Å²) < 4.78 is 6.82. The molecule has 6 heteroatoms. The normalized spacial score (nSPS) is 17.4. The third kappa shape index (κ3) is 2.38. The first kappa shape index (κ1) is 13.0. The van der Waals surface area contributed by atoms with E-state index in [0.717, 1.165) is 31.4 Å². The number of aromatic nitrogens is 3. The van der Waals surface area contributed by atoms with Crippen LogP contribution in [0.1, 0.15) is 60.7 Å². The van der Waals surface area contributed by atoms with Crippen LogP contribution < -0.4 is 0 Å². The summed E-state index contributed by atoms with van der Waals surface area (Å²) in [6.45, 7) is 2.65. The standard InChI is InChI=1S/C12H19N3O3/c1-8(6-7-18-2)15-11(9-4-3-5-9)10(12(16)17)13-14-15/h8-9H,3-7H2,1-2H3,(H,16,17). The molecule has 0 radical (unpaired) electrons. The predicted molar refractivity (Wildman–Crippen MR) is 64.8 cm³/mol. The molecule has 6 nitrogen and oxygen atoms in total. The van der Waals surface area contributed by atoms with Gasteiger partial charge in [0.2, 0.25) is 0 Å². The second kappa shape index (κ2) is 5.48. The first-order valence-corrected chi connectivity index (χ1v) is 6.32. The summed E-state index contributed by atoms with van der Waals surface area (Å²) in [5, 5.41) is 17.0. The molecule has 1 saturated carbocycles. The summed E-state index contributed by atoms with van der Waals surface area (Å²) in [6, 6.07) is 0.112. The van der Waals surface area contributed by atoms with E-state index in [4.69, 9.17) is 9.84 Å². The van der Waals surface area contributed by atoms with Crippen molar-refractivity contribution in [1.82, 2.24) is 15.0 Å². The number of carbonyl (C=O) groups is 1. The van der Waals surface area contributed by atoms with Gasteiger partial charge in [0.05, 0.1) is 11.7 Å². The van der Waals surface area contributed by atoms with Crippen molar-refractivity contribution in [3.63, 3.8) is 0 Å². The Hall–Kier alpha value is -1.43. The number of hydrogen-bond donors (Lipinski definition) is 1. The van der Waals surface area contributed by atoms with Crippen LogP contribution in [0.3, 0.4) is 0 Å². The van der Waals surface area contributed by atoms with Crippen LogP contribution in [-0.2, 0) is 4.74 Å². The number of carboxylic acids is 1. The second-order valence-electron chi connectivity index (χ2n) is 4.83. The summed E-state index contributed by atoms with van der Waals surface area (Å²) in [5.74, 6) is -0.682. The molecule has 0 saturated heterocycles. The maximum absolute atomic E-state index is 11.2. The van der Waals surface area contributed by atoms with Crippen molar-refractivity contribution >= 4 is 5.97 Å². The molecule has 0 spiro atoms. The zero-order chi connectivity index (χ0) is 13.1. The molecule has 1 fully saturated rings. The summed E-state index contributed by atoms with van der Waals surface area (Å²) in [4.78, 5) is 11.2. The molecular weight excluding hydrogens is 234 g/mol. The minimum Gasteiger partial charge on any atom is -0.476 e. The van der Waals surface area contributed by atoms with Crippen LogP contribution in [0.15, 0.2) is 0 Å². The molecule has 0 aliphatic heterocycles. The predicted octanol–water partition coefficient (Wildman–Crippen LogP) is 1.84. The minimum atomic E-state index is -0.984. The average Bonchev–Trinajstić information content (AvgIpc) is 2.68. The topological polar surface area (TPSA) is 77.2 Å². The average molecular weight is 253 g/mol. The Morgan fingerprint density at radius 3 is 2.83 bits per heavy atom. The molecule has 1 aromatic rings. The van der Waals surface area contributed by atoms with E-state index < -0.39 is 5.97 Å². The lowest BCUT2D eigenvalue weighted by atomic mass is 9.82. The van der Waals surface area contributed by atoms with Crippen molar-refractivity contribution in [3.05, 3.63) is 11.4 Å². The summed E-state index contributed by atoms with van der Waals surface area (Å²) in [5.41, 5.74) is 0.904. The number of aromatic carboxylic acids is 1. The summed E-state index contributed by atoms with van der Waals surface area (Å²) in [6.07, 6.45) is 4.02. The Balaban J connectivity index is 2.25. The van der Waals surface area contributed by atoms with E-state index in [1.807, 2.05) is 6.92 Å². The number of rotatable bonds is 6. The highest BCUT2D eigenvalue weighted by Crippen LogP contribution is 2.38. The van der Waals surface area contributed by atoms with Gasteiger partial charge in [0.25, 0.3) is 0 Å². The molecule has 1 atom stereocenters. The van der Waals surface area contributed by atoms with Gasteiger partial charge in [-0.25, -0.2) is 9.48 Å². The summed E-state index contributed by atoms with van der Waals surface area (Å²) in [7, 11) is 1.66. The molecule has 1 unspecified atom stereocenters. The van der Waals surface area contributed by atoms with Crippen LogP contribution in [0.2, 0.25) is 0 Å². The molecule has 18 heavy (non-hydrogen) atoms. The third-order valence-corrected chi connectivity index (χ3v) is 3.58. The molecule has 0 amide bonds. The van der Waals surface area contributed by atoms with Crippen LogP contribution in [0.25, 0.3) is 0 Å². The molecule has 2 rings (SSSR count). The lowest BCUT2D eigenvalue weighted by molar-refractivity contribution is 0.0687. The van der Waals surface area contributed by atoms with Crippen molar-refractivity contribution in [3.8, 4) is 0 Å². The van der Waals surface area contributed by atoms with E-state index in [1.165, 1.54) is 0 Å². The van der Waals surface area contributed by atoms with Gasteiger partial charge in [0.1, 0.15) is 0 Å². The largest absolute Gasteiger partial charge is 0.476 e. The van der Waals surface area contributed by atoms with Crippen LogP contribution in [0.5, 0.6) is 0 Å². The van der Waals surface area contributed by atoms with Gasteiger partial charge in [-0.05, 0) is 26.2 Å². The van der Waals surface area contributed by atoms with Crippen LogP contribution in [-0.4, -0.2) is 39.8 Å². The van der Waals surface area contributed by atoms with E-state index in [2.05, 4.69) is 10.3 Å². The Bertz CT molecular complexity index is 426. The van der Waals surface area contributed by atoms with Gasteiger partial charge in [-0.2, -0.15) is 0 Å². The van der Waals surface area contributed by atoms with Gasteiger partial charge in [-0.3, -0.25) is 0 Å². The maximum atomic E-state index is 11.2. The second-order valence-corrected chi connectivity index (χ2v) is 4.83. The lowest BCUT2D eigenvalue weighted by Crippen LogP contribution is -2.21. The number of hydrogen-bond acceptors (Lipinski definition) is 4. The van der Waals surface area contributed by atoms with Gasteiger partial charge in [0.15, 0.2) is 5.69 Å². The molecule has 1 aromatic heterocycles. The highest BCUT2D eigenvalue weighted by Gasteiger charge is 2.31. The number of carboxylic acid groups (broad SMARTS) is 1. The zero-order valence-corrected chi connectivity index (χ0v) is 10.8. The lowest BCUT2D eigenvalue weighted by Gasteiger charge is -2.27. The summed E-state index contributed by atoms with van der Waals surface area (Å²) >= 11 is 0. The van der Waals surface area contributed by atoms with E-state index in [-0.39, 0.29) is 11.7 Å². The molecular formula is C12H19N3O3. The highest BCUT2D eigenvalue weighted by atomic mass is 16.5. The fourth-order valence-corrected chi connectivity index (χ4v) is 2.25. The Morgan fingerprint density at radius 2 is 2.33 bits per heavy atom. The molecule has 0 aromatic carbocycles. The molecule has 1 aliphatic rings. The number of ether oxygens (including phenoxy) is 1. The third-order valence-electron chi connectivity index (χ3n) is 3.58. The van der Waals surface area contributed by atoms with Gasteiger partial charge in [-0.1, -0.05) is 11.6 Å². The van der Waals surface area contributed by atoms with Gasteiger partial charge in [0, 0.05) is 19.6 Å². The van der Waals surface area contributed by atoms with Gasteiger partial charge >= 0.3 is 5.97 Å². The SMILES string of the molecule is COCCC(C)n1nnc(C(=O)O)c1C1CCC1. The Kier molecular flexibility index (Phi) is 3.96. The molecule has 100 valence electrons. The van der Waals surface area contributed by atoms with Crippen molar-refractivity contribution in [1.29, 1.82) is 0 Å². The smallest absolute Gasteiger partial charge is 0.358 e. The highest BCUT2D eigenvalue weighted by molar-refractivity contribution is 5.86. The van der Waals surface area contributed by atoms with Crippen molar-refractivity contribution in [2.45, 2.75) is 44.6 Å². The van der Waals surface area contributed by atoms with Gasteiger partial charge < -0.3 is 9.84 Å². The van der Waals surface area contributed by atoms with Crippen molar-refractivity contribution < 1.29 is 14.6 Å². The van der Waals surface area contributed by atoms with E-state index in [9.17, 15) is 4.79 Å². The minimum absolute atomic E-state index is 0.112. The Labute approximate surface area is 106 Å². The monoisotopic (exact) mass is 253 g/mol. The quantitative estimate of drug-likeness (QED) is 0.837. The van der Waals surface area contributed by atoms with Crippen LogP contribution >= 0.6 is 0 Å². The number of nitrogens with zero attached hydrogens (tertiary/aromatic N) is 3. The molecule has 1 heterocycles. The molecule has 1 N–H and O–H groups in total. The molecule has 0 bridgehead atoms. The zero-order valence-electron chi connectivity index (χ0n) is 10.8. The van der Waals surface area contributed by atoms with E-state index >= 15 is 0 Å². The fourth-order valence-electron chi connectivity index (χ4n) is 2.25. The first-order valence-electron chi connectivity index (χ1n) is 6.32. The molecule has 1 aliphatic carbocycles.